The van der Waals surface area contributed by atoms with E-state index in [9.17, 15) is 9.18 Å². The average molecular weight is 427 g/mol. The maximum atomic E-state index is 13.3. The van der Waals surface area contributed by atoms with Gasteiger partial charge in [0.25, 0.3) is 5.71 Å². The first-order valence-electron chi connectivity index (χ1n) is 9.14. The van der Waals surface area contributed by atoms with E-state index in [-0.39, 0.29) is 24.0 Å². The van der Waals surface area contributed by atoms with E-state index in [1.165, 1.54) is 12.1 Å². The highest BCUT2D eigenvalue weighted by Gasteiger charge is 2.22. The third-order valence-electron chi connectivity index (χ3n) is 4.32. The van der Waals surface area contributed by atoms with Gasteiger partial charge in [-0.15, -0.1) is 0 Å². The summed E-state index contributed by atoms with van der Waals surface area (Å²) in [4.78, 5) is 20.6. The van der Waals surface area contributed by atoms with Crippen LogP contribution in [-0.2, 0) is 11.3 Å². The fourth-order valence-electron chi connectivity index (χ4n) is 2.89. The number of aromatic nitrogens is 3. The highest BCUT2D eigenvalue weighted by molar-refractivity contribution is 6.31. The highest BCUT2D eigenvalue weighted by Crippen LogP contribution is 2.32. The molecule has 7 nitrogen and oxygen atoms in total. The molecule has 4 rings (SSSR count). The zero-order chi connectivity index (χ0) is 21.1. The molecule has 0 amide bonds. The molecule has 9 heteroatoms. The van der Waals surface area contributed by atoms with Gasteiger partial charge in [-0.2, -0.15) is 4.98 Å². The Morgan fingerprint density at radius 3 is 2.67 bits per heavy atom. The van der Waals surface area contributed by atoms with Crippen LogP contribution in [0.3, 0.4) is 0 Å². The van der Waals surface area contributed by atoms with E-state index in [1.807, 2.05) is 18.2 Å². The normalized spacial score (nSPS) is 10.9. The van der Waals surface area contributed by atoms with Gasteiger partial charge in [0.05, 0.1) is 6.61 Å². The van der Waals surface area contributed by atoms with Crippen molar-refractivity contribution >= 4 is 34.5 Å². The highest BCUT2D eigenvalue weighted by atomic mass is 35.5. The summed E-state index contributed by atoms with van der Waals surface area (Å²) in [6.45, 7) is 2.20. The zero-order valence-electron chi connectivity index (χ0n) is 15.9. The molecule has 0 aliphatic heterocycles. The van der Waals surface area contributed by atoms with Gasteiger partial charge < -0.3 is 14.6 Å². The minimum absolute atomic E-state index is 0.106. The summed E-state index contributed by atoms with van der Waals surface area (Å²) in [5.74, 6) is -0.888. The van der Waals surface area contributed by atoms with Gasteiger partial charge in [-0.3, -0.25) is 0 Å². The fourth-order valence-corrected chi connectivity index (χ4v) is 3.10. The summed E-state index contributed by atoms with van der Waals surface area (Å²) in [6, 6.07) is 13.1. The van der Waals surface area contributed by atoms with Crippen LogP contribution in [0.5, 0.6) is 0 Å². The Kier molecular flexibility index (Phi) is 5.58. The lowest BCUT2D eigenvalue weighted by molar-refractivity contribution is 0.0512. The Balaban J connectivity index is 1.80. The molecular formula is C21H16ClFN4O3. The Morgan fingerprint density at radius 2 is 1.93 bits per heavy atom. The minimum Gasteiger partial charge on any atom is -0.460 e. The molecule has 2 heterocycles. The molecule has 0 saturated heterocycles. The van der Waals surface area contributed by atoms with Crippen LogP contribution >= 0.6 is 11.6 Å². The molecule has 0 bridgehead atoms. The predicted molar refractivity (Wildman–Crippen MR) is 110 cm³/mol. The number of nitrogens with one attached hydrogen (secondary N) is 1. The van der Waals surface area contributed by atoms with Crippen LogP contribution in [0.25, 0.3) is 22.4 Å². The first kappa shape index (κ1) is 19.8. The van der Waals surface area contributed by atoms with E-state index >= 15 is 0 Å². The smallest absolute Gasteiger partial charge is 0.376 e. The lowest BCUT2D eigenvalue weighted by Gasteiger charge is -2.10. The molecule has 0 atom stereocenters. The average Bonchev–Trinajstić information content (AvgIpc) is 3.18. The van der Waals surface area contributed by atoms with Crippen LogP contribution in [-0.4, -0.2) is 27.7 Å². The number of hydrogen-bond donors (Lipinski definition) is 1. The topological polar surface area (TPSA) is 90.1 Å². The Labute approximate surface area is 175 Å². The van der Waals surface area contributed by atoms with Gasteiger partial charge in [-0.25, -0.2) is 14.2 Å². The molecule has 2 aromatic carbocycles. The lowest BCUT2D eigenvalue weighted by atomic mass is 10.1. The number of nitrogens with zero attached hydrogens (tertiary/aromatic N) is 3. The van der Waals surface area contributed by atoms with Crippen molar-refractivity contribution in [1.82, 2.24) is 15.1 Å². The molecule has 1 N–H and O–H groups in total. The van der Waals surface area contributed by atoms with Gasteiger partial charge in [0, 0.05) is 17.1 Å². The van der Waals surface area contributed by atoms with E-state index in [0.29, 0.717) is 34.0 Å². The predicted octanol–water partition coefficient (Wildman–Crippen LogP) is 4.87. The number of halogens is 2. The number of ether oxygens (including phenoxy) is 1. The zero-order valence-corrected chi connectivity index (χ0v) is 16.6. The molecule has 0 radical (unpaired) electrons. The van der Waals surface area contributed by atoms with Crippen LogP contribution in [0.2, 0.25) is 5.02 Å². The van der Waals surface area contributed by atoms with Gasteiger partial charge in [0.1, 0.15) is 22.7 Å². The van der Waals surface area contributed by atoms with Crippen LogP contribution in [0.15, 0.2) is 53.1 Å². The summed E-state index contributed by atoms with van der Waals surface area (Å²) in [5.41, 5.74) is 1.97. The third kappa shape index (κ3) is 3.95. The van der Waals surface area contributed by atoms with Gasteiger partial charge >= 0.3 is 5.97 Å². The molecule has 0 saturated carbocycles. The number of fused-ring (bicyclic) bond motifs is 1. The van der Waals surface area contributed by atoms with Crippen LogP contribution in [0, 0.1) is 5.82 Å². The van der Waals surface area contributed by atoms with E-state index in [2.05, 4.69) is 20.4 Å². The second-order valence-electron chi connectivity index (χ2n) is 6.28. The molecule has 152 valence electrons. The van der Waals surface area contributed by atoms with E-state index in [0.717, 1.165) is 5.56 Å². The summed E-state index contributed by atoms with van der Waals surface area (Å²) >= 11 is 6.24. The molecule has 0 unspecified atom stereocenters. The summed E-state index contributed by atoms with van der Waals surface area (Å²) in [5, 5.41) is 8.28. The molecule has 30 heavy (non-hydrogen) atoms. The van der Waals surface area contributed by atoms with Crippen molar-refractivity contribution in [2.75, 3.05) is 11.9 Å². The second-order valence-corrected chi connectivity index (χ2v) is 6.69. The number of carbonyl (C=O) groups is 1. The van der Waals surface area contributed by atoms with Crippen molar-refractivity contribution < 1.29 is 18.4 Å². The lowest BCUT2D eigenvalue weighted by Crippen LogP contribution is -2.12. The number of benzene rings is 2. The molecule has 4 aromatic rings. The van der Waals surface area contributed by atoms with Crippen molar-refractivity contribution in [1.29, 1.82) is 0 Å². The Morgan fingerprint density at radius 1 is 1.17 bits per heavy atom. The summed E-state index contributed by atoms with van der Waals surface area (Å²) in [6.07, 6.45) is 0. The van der Waals surface area contributed by atoms with E-state index in [1.54, 1.807) is 25.1 Å². The van der Waals surface area contributed by atoms with Gasteiger partial charge in [-0.1, -0.05) is 35.0 Å². The fraction of sp³-hybridized carbons (Fsp3) is 0.143. The maximum Gasteiger partial charge on any atom is 0.376 e. The van der Waals surface area contributed by atoms with E-state index < -0.39 is 5.97 Å². The molecular weight excluding hydrogens is 411 g/mol. The van der Waals surface area contributed by atoms with Gasteiger partial charge in [0.2, 0.25) is 5.82 Å². The number of esters is 1. The third-order valence-corrected chi connectivity index (χ3v) is 4.68. The second kappa shape index (κ2) is 8.46. The standard InChI is InChI=1S/C21H16ClFN4O3/c1-2-29-21(28)19-25-18(24-11-13-5-3-4-6-15(13)22)16-17(27-30-20(16)26-19)12-7-9-14(23)10-8-12/h3-10H,2,11H2,1H3,(H,24,25,26). The largest absolute Gasteiger partial charge is 0.460 e. The minimum atomic E-state index is -0.681. The van der Waals surface area contributed by atoms with Crippen LogP contribution in [0.4, 0.5) is 10.2 Å². The number of hydrogen-bond acceptors (Lipinski definition) is 7. The molecule has 0 spiro atoms. The Hall–Kier alpha value is -3.52. The SMILES string of the molecule is CCOC(=O)c1nc(NCc2ccccc2Cl)c2c(-c3ccc(F)cc3)noc2n1. The van der Waals surface area contributed by atoms with Gasteiger partial charge in [-0.05, 0) is 42.8 Å². The van der Waals surface area contributed by atoms with Gasteiger partial charge in [0.15, 0.2) is 0 Å². The van der Waals surface area contributed by atoms with Crippen molar-refractivity contribution in [3.05, 3.63) is 70.8 Å². The number of anilines is 1. The first-order chi connectivity index (χ1) is 14.6. The van der Waals surface area contributed by atoms with Crippen LogP contribution in [0.1, 0.15) is 23.1 Å². The van der Waals surface area contributed by atoms with Crippen molar-refractivity contribution in [3.63, 3.8) is 0 Å². The van der Waals surface area contributed by atoms with Crippen LogP contribution < -0.4 is 5.32 Å². The summed E-state index contributed by atoms with van der Waals surface area (Å²) in [7, 11) is 0. The van der Waals surface area contributed by atoms with Crippen molar-refractivity contribution in [2.45, 2.75) is 13.5 Å². The quantitative estimate of drug-likeness (QED) is 0.440. The Bertz CT molecular complexity index is 1210. The van der Waals surface area contributed by atoms with E-state index in [4.69, 9.17) is 20.9 Å². The number of carbonyl (C=O) groups excluding carboxylic acids is 1. The first-order valence-corrected chi connectivity index (χ1v) is 9.52. The number of rotatable bonds is 6. The maximum absolute atomic E-state index is 13.3. The van der Waals surface area contributed by atoms with Crippen molar-refractivity contribution in [2.24, 2.45) is 0 Å². The monoisotopic (exact) mass is 426 g/mol. The molecule has 0 fully saturated rings. The molecule has 2 aromatic heterocycles. The molecule has 0 aliphatic rings. The summed E-state index contributed by atoms with van der Waals surface area (Å²) < 4.78 is 23.7. The molecule has 0 aliphatic carbocycles. The van der Waals surface area contributed by atoms with Crippen molar-refractivity contribution in [3.8, 4) is 11.3 Å².